The van der Waals surface area contributed by atoms with Crippen LogP contribution in [0.25, 0.3) is 0 Å². The number of carbonyl (C=O) groups is 4. The van der Waals surface area contributed by atoms with Crippen molar-refractivity contribution in [3.63, 3.8) is 0 Å². The number of allylic oxidation sites excluding steroid dienone is 2. The van der Waals surface area contributed by atoms with Gasteiger partial charge >= 0.3 is 11.9 Å². The van der Waals surface area contributed by atoms with Gasteiger partial charge in [0.15, 0.2) is 0 Å². The van der Waals surface area contributed by atoms with Crippen molar-refractivity contribution in [2.24, 2.45) is 5.41 Å². The SMILES string of the molecule is CC(C)(C)C(=O)OCOC(=O)C1=C(/C=C/CCl)CS[C@@H]2[C@H](NC(=O)Cc3ccccc3)C(=O)N12. The summed E-state index contributed by atoms with van der Waals surface area (Å²) in [4.78, 5) is 51.6. The van der Waals surface area contributed by atoms with E-state index in [4.69, 9.17) is 21.1 Å². The summed E-state index contributed by atoms with van der Waals surface area (Å²) in [5.41, 5.74) is 0.722. The minimum Gasteiger partial charge on any atom is -0.427 e. The molecule has 2 amide bonds. The Morgan fingerprint density at radius 1 is 1.21 bits per heavy atom. The molecule has 10 heteroatoms. The number of nitrogens with one attached hydrogen (secondary N) is 1. The molecule has 8 nitrogen and oxygen atoms in total. The van der Waals surface area contributed by atoms with Crippen LogP contribution in [-0.4, -0.2) is 58.5 Å². The van der Waals surface area contributed by atoms with Gasteiger partial charge in [-0.1, -0.05) is 42.5 Å². The Labute approximate surface area is 207 Å². The fourth-order valence-corrected chi connectivity index (χ4v) is 4.78. The maximum atomic E-state index is 13.0. The van der Waals surface area contributed by atoms with Crippen molar-refractivity contribution in [1.82, 2.24) is 10.2 Å². The summed E-state index contributed by atoms with van der Waals surface area (Å²) in [5, 5.41) is 2.33. The highest BCUT2D eigenvalue weighted by Gasteiger charge is 2.54. The van der Waals surface area contributed by atoms with Crippen molar-refractivity contribution in [3.8, 4) is 0 Å². The molecule has 0 aromatic heterocycles. The topological polar surface area (TPSA) is 102 Å². The van der Waals surface area contributed by atoms with Crippen molar-refractivity contribution in [3.05, 3.63) is 59.3 Å². The monoisotopic (exact) mass is 506 g/mol. The fourth-order valence-electron chi connectivity index (χ4n) is 3.37. The van der Waals surface area contributed by atoms with E-state index in [9.17, 15) is 19.2 Å². The Hall–Kier alpha value is -2.78. The molecule has 2 heterocycles. The number of alkyl halides is 1. The Morgan fingerprint density at radius 3 is 2.56 bits per heavy atom. The average Bonchev–Trinajstić information content (AvgIpc) is 2.80. The van der Waals surface area contributed by atoms with E-state index in [1.807, 2.05) is 30.3 Å². The normalized spacial score (nSPS) is 20.0. The molecule has 1 N–H and O–H groups in total. The number of nitrogens with zero attached hydrogens (tertiary/aromatic N) is 1. The number of halogens is 1. The van der Waals surface area contributed by atoms with Crippen LogP contribution in [0.4, 0.5) is 0 Å². The van der Waals surface area contributed by atoms with Crippen LogP contribution in [0.5, 0.6) is 0 Å². The summed E-state index contributed by atoms with van der Waals surface area (Å²) in [5.74, 6) is -1.35. The largest absolute Gasteiger partial charge is 0.427 e. The summed E-state index contributed by atoms with van der Waals surface area (Å²) in [6.45, 7) is 4.48. The highest BCUT2D eigenvalue weighted by Crippen LogP contribution is 2.41. The molecule has 0 saturated carbocycles. The van der Waals surface area contributed by atoms with Gasteiger partial charge in [0.2, 0.25) is 12.7 Å². The summed E-state index contributed by atoms with van der Waals surface area (Å²) in [6, 6.07) is 8.47. The molecule has 34 heavy (non-hydrogen) atoms. The maximum Gasteiger partial charge on any atom is 0.358 e. The third kappa shape index (κ3) is 6.01. The van der Waals surface area contributed by atoms with Crippen LogP contribution in [0.1, 0.15) is 26.3 Å². The van der Waals surface area contributed by atoms with Crippen LogP contribution in [0.15, 0.2) is 53.8 Å². The highest BCUT2D eigenvalue weighted by molar-refractivity contribution is 8.00. The molecule has 0 bridgehead atoms. The predicted octanol–water partition coefficient (Wildman–Crippen LogP) is 2.77. The molecule has 2 atom stereocenters. The molecule has 1 aromatic rings. The number of amides is 2. The Morgan fingerprint density at radius 2 is 1.91 bits per heavy atom. The second kappa shape index (κ2) is 11.1. The Kier molecular flexibility index (Phi) is 8.43. The van der Waals surface area contributed by atoms with Crippen LogP contribution in [-0.2, 0) is 35.1 Å². The summed E-state index contributed by atoms with van der Waals surface area (Å²) in [7, 11) is 0. The molecule has 2 aliphatic heterocycles. The molecule has 2 aliphatic rings. The van der Waals surface area contributed by atoms with Gasteiger partial charge in [-0.15, -0.1) is 23.4 Å². The predicted molar refractivity (Wildman–Crippen MR) is 129 cm³/mol. The lowest BCUT2D eigenvalue weighted by Gasteiger charge is -2.49. The minimum absolute atomic E-state index is 0.0653. The van der Waals surface area contributed by atoms with Gasteiger partial charge in [0.1, 0.15) is 17.1 Å². The quantitative estimate of drug-likeness (QED) is 0.250. The van der Waals surface area contributed by atoms with Crippen molar-refractivity contribution in [2.45, 2.75) is 38.6 Å². The number of carbonyl (C=O) groups excluding carboxylic acids is 4. The first kappa shape index (κ1) is 25.8. The first-order valence-corrected chi connectivity index (χ1v) is 12.3. The van der Waals surface area contributed by atoms with Crippen LogP contribution < -0.4 is 5.32 Å². The van der Waals surface area contributed by atoms with Gasteiger partial charge in [0.05, 0.1) is 11.8 Å². The van der Waals surface area contributed by atoms with Gasteiger partial charge in [0.25, 0.3) is 5.91 Å². The Balaban J connectivity index is 1.69. The number of rotatable bonds is 8. The number of benzene rings is 1. The molecule has 0 radical (unpaired) electrons. The highest BCUT2D eigenvalue weighted by atomic mass is 35.5. The van der Waals surface area contributed by atoms with Crippen molar-refractivity contribution >= 4 is 47.1 Å². The molecule has 1 fully saturated rings. The van der Waals surface area contributed by atoms with E-state index in [2.05, 4.69) is 5.32 Å². The molecule has 0 aliphatic carbocycles. The number of fused-ring (bicyclic) bond motifs is 1. The van der Waals surface area contributed by atoms with Crippen molar-refractivity contribution < 1.29 is 28.7 Å². The number of esters is 2. The lowest BCUT2D eigenvalue weighted by Crippen LogP contribution is -2.70. The molecular formula is C24H27ClN2O6S. The number of ether oxygens (including phenoxy) is 2. The van der Waals surface area contributed by atoms with E-state index in [1.165, 1.54) is 16.7 Å². The van der Waals surface area contributed by atoms with Gasteiger partial charge in [0, 0.05) is 11.6 Å². The van der Waals surface area contributed by atoms with Gasteiger partial charge in [-0.2, -0.15) is 0 Å². The zero-order valence-electron chi connectivity index (χ0n) is 19.2. The Bertz CT molecular complexity index is 1020. The maximum absolute atomic E-state index is 13.0. The fraction of sp³-hybridized carbons (Fsp3) is 0.417. The average molecular weight is 507 g/mol. The first-order valence-electron chi connectivity index (χ1n) is 10.7. The number of β-lactam (4-membered cyclic amide) rings is 1. The van der Waals surface area contributed by atoms with Crippen LogP contribution in [0.2, 0.25) is 0 Å². The minimum atomic E-state index is -0.788. The zero-order chi connectivity index (χ0) is 24.9. The van der Waals surface area contributed by atoms with E-state index in [-0.39, 0.29) is 23.9 Å². The van der Waals surface area contributed by atoms with E-state index in [1.54, 1.807) is 32.9 Å². The van der Waals surface area contributed by atoms with Gasteiger partial charge < -0.3 is 14.8 Å². The van der Waals surface area contributed by atoms with Gasteiger partial charge in [-0.3, -0.25) is 19.3 Å². The number of hydrogen-bond donors (Lipinski definition) is 1. The summed E-state index contributed by atoms with van der Waals surface area (Å²) in [6.07, 6.45) is 3.48. The molecule has 1 aromatic carbocycles. The number of thioether (sulfide) groups is 1. The molecule has 1 saturated heterocycles. The van der Waals surface area contributed by atoms with Crippen LogP contribution in [0, 0.1) is 5.41 Å². The standard InChI is InChI=1S/C24H27ClN2O6S/c1-24(2,3)23(31)33-14-32-22(30)19-16(10-7-11-25)13-34-21-18(20(29)27(19)21)26-17(28)12-15-8-5-4-6-9-15/h4-10,18,21H,11-14H2,1-3H3,(H,26,28)/b10-7+/t18-,21-/m1/s1. The summed E-state index contributed by atoms with van der Waals surface area (Å²) >= 11 is 7.18. The first-order chi connectivity index (χ1) is 16.1. The lowest BCUT2D eigenvalue weighted by atomic mass is 9.98. The van der Waals surface area contributed by atoms with E-state index < -0.39 is 41.5 Å². The molecule has 0 spiro atoms. The third-order valence-electron chi connectivity index (χ3n) is 5.12. The van der Waals surface area contributed by atoms with Crippen LogP contribution in [0.3, 0.4) is 0 Å². The smallest absolute Gasteiger partial charge is 0.358 e. The second-order valence-corrected chi connectivity index (χ2v) is 10.2. The van der Waals surface area contributed by atoms with Gasteiger partial charge in [-0.25, -0.2) is 4.79 Å². The van der Waals surface area contributed by atoms with E-state index in [0.717, 1.165) is 5.56 Å². The third-order valence-corrected chi connectivity index (χ3v) is 6.60. The molecular weight excluding hydrogens is 480 g/mol. The molecule has 182 valence electrons. The van der Waals surface area contributed by atoms with E-state index >= 15 is 0 Å². The zero-order valence-corrected chi connectivity index (χ0v) is 20.8. The lowest BCUT2D eigenvalue weighted by molar-refractivity contribution is -0.173. The van der Waals surface area contributed by atoms with E-state index in [0.29, 0.717) is 11.3 Å². The molecule has 3 rings (SSSR count). The second-order valence-electron chi connectivity index (χ2n) is 8.78. The molecule has 0 unspecified atom stereocenters. The van der Waals surface area contributed by atoms with Gasteiger partial charge in [-0.05, 0) is 31.9 Å². The van der Waals surface area contributed by atoms with Crippen molar-refractivity contribution in [2.75, 3.05) is 18.4 Å². The van der Waals surface area contributed by atoms with Crippen LogP contribution >= 0.6 is 23.4 Å². The summed E-state index contributed by atoms with van der Waals surface area (Å²) < 4.78 is 10.2. The number of hydrogen-bond acceptors (Lipinski definition) is 7. The van der Waals surface area contributed by atoms with Crippen molar-refractivity contribution in [1.29, 1.82) is 0 Å².